The lowest BCUT2D eigenvalue weighted by molar-refractivity contribution is -0.143. The van der Waals surface area contributed by atoms with Crippen molar-refractivity contribution in [3.8, 4) is 0 Å². The van der Waals surface area contributed by atoms with Gasteiger partial charge in [-0.05, 0) is 31.0 Å². The SMILES string of the molecule is O=C(Nc1cc(C(F)(F)F)cc(C(F)(F)F)c1)C1CCCCC1. The van der Waals surface area contributed by atoms with Gasteiger partial charge in [0.2, 0.25) is 5.91 Å². The molecule has 1 amide bonds. The Morgan fingerprint density at radius 2 is 1.35 bits per heavy atom. The molecular weight excluding hydrogens is 324 g/mol. The molecule has 8 heteroatoms. The second-order valence-corrected chi connectivity index (χ2v) is 5.62. The Kier molecular flexibility index (Phi) is 4.91. The van der Waals surface area contributed by atoms with Gasteiger partial charge in [0.1, 0.15) is 0 Å². The number of hydrogen-bond acceptors (Lipinski definition) is 1. The van der Waals surface area contributed by atoms with E-state index in [4.69, 9.17) is 0 Å². The number of carbonyl (C=O) groups is 1. The zero-order chi connectivity index (χ0) is 17.3. The van der Waals surface area contributed by atoms with Crippen LogP contribution in [0.2, 0.25) is 0 Å². The number of nitrogens with one attached hydrogen (secondary N) is 1. The van der Waals surface area contributed by atoms with Crippen LogP contribution < -0.4 is 5.32 Å². The van der Waals surface area contributed by atoms with E-state index in [-0.39, 0.29) is 12.0 Å². The second-order valence-electron chi connectivity index (χ2n) is 5.62. The molecule has 1 aliphatic rings. The predicted molar refractivity (Wildman–Crippen MR) is 71.7 cm³/mol. The Balaban J connectivity index is 2.28. The van der Waals surface area contributed by atoms with Crippen molar-refractivity contribution in [1.82, 2.24) is 0 Å². The summed E-state index contributed by atoms with van der Waals surface area (Å²) < 4.78 is 76.5. The van der Waals surface area contributed by atoms with Crippen LogP contribution in [0, 0.1) is 5.92 Å². The minimum absolute atomic E-state index is 0.0380. The maximum absolute atomic E-state index is 12.7. The number of halogens is 6. The van der Waals surface area contributed by atoms with Crippen LogP contribution in [0.25, 0.3) is 0 Å². The standard InChI is InChI=1S/C15H15F6NO/c16-14(17,18)10-6-11(15(19,20)21)8-12(7-10)22-13(23)9-4-2-1-3-5-9/h6-9H,1-5H2,(H,22,23). The van der Waals surface area contributed by atoms with Gasteiger partial charge in [-0.2, -0.15) is 26.3 Å². The van der Waals surface area contributed by atoms with E-state index >= 15 is 0 Å². The maximum Gasteiger partial charge on any atom is 0.416 e. The molecule has 0 bridgehead atoms. The van der Waals surface area contributed by atoms with Gasteiger partial charge in [-0.25, -0.2) is 0 Å². The third-order valence-corrected chi connectivity index (χ3v) is 3.83. The molecule has 0 heterocycles. The number of carbonyl (C=O) groups excluding carboxylic acids is 1. The molecule has 0 spiro atoms. The average Bonchev–Trinajstić information content (AvgIpc) is 2.46. The van der Waals surface area contributed by atoms with Crippen LogP contribution >= 0.6 is 0 Å². The Labute approximate surface area is 128 Å². The highest BCUT2D eigenvalue weighted by atomic mass is 19.4. The number of alkyl halides is 6. The zero-order valence-corrected chi connectivity index (χ0v) is 12.0. The molecule has 23 heavy (non-hydrogen) atoms. The largest absolute Gasteiger partial charge is 0.416 e. The van der Waals surface area contributed by atoms with Crippen molar-refractivity contribution in [1.29, 1.82) is 0 Å². The molecule has 1 N–H and O–H groups in total. The number of rotatable bonds is 2. The van der Waals surface area contributed by atoms with Gasteiger partial charge < -0.3 is 5.32 Å². The fraction of sp³-hybridized carbons (Fsp3) is 0.533. The molecule has 2 nitrogen and oxygen atoms in total. The maximum atomic E-state index is 12.7. The molecule has 2 rings (SSSR count). The molecule has 1 saturated carbocycles. The summed E-state index contributed by atoms with van der Waals surface area (Å²) in [6, 6.07) is 1.09. The molecule has 1 aliphatic carbocycles. The Bertz CT molecular complexity index is 540. The first-order valence-corrected chi connectivity index (χ1v) is 7.18. The first kappa shape index (κ1) is 17.6. The first-order chi connectivity index (χ1) is 10.6. The fourth-order valence-corrected chi connectivity index (χ4v) is 2.64. The minimum Gasteiger partial charge on any atom is -0.326 e. The lowest BCUT2D eigenvalue weighted by Crippen LogP contribution is -2.25. The van der Waals surface area contributed by atoms with Crippen molar-refractivity contribution >= 4 is 11.6 Å². The van der Waals surface area contributed by atoms with Gasteiger partial charge in [0.15, 0.2) is 0 Å². The van der Waals surface area contributed by atoms with Gasteiger partial charge in [0.05, 0.1) is 11.1 Å². The van der Waals surface area contributed by atoms with Gasteiger partial charge in [-0.3, -0.25) is 4.79 Å². The monoisotopic (exact) mass is 339 g/mol. The van der Waals surface area contributed by atoms with Gasteiger partial charge >= 0.3 is 12.4 Å². The lowest BCUT2D eigenvalue weighted by Gasteiger charge is -2.21. The van der Waals surface area contributed by atoms with E-state index in [1.807, 2.05) is 0 Å². The highest BCUT2D eigenvalue weighted by Gasteiger charge is 2.37. The normalized spacial score (nSPS) is 17.1. The van der Waals surface area contributed by atoms with Crippen LogP contribution in [0.15, 0.2) is 18.2 Å². The van der Waals surface area contributed by atoms with Gasteiger partial charge in [-0.1, -0.05) is 19.3 Å². The van der Waals surface area contributed by atoms with Crippen molar-refractivity contribution in [2.75, 3.05) is 5.32 Å². The van der Waals surface area contributed by atoms with Crippen LogP contribution in [0.4, 0.5) is 32.0 Å². The number of benzene rings is 1. The van der Waals surface area contributed by atoms with Crippen LogP contribution in [0.3, 0.4) is 0 Å². The smallest absolute Gasteiger partial charge is 0.326 e. The highest BCUT2D eigenvalue weighted by Crippen LogP contribution is 2.37. The van der Waals surface area contributed by atoms with Crippen molar-refractivity contribution in [3.63, 3.8) is 0 Å². The molecule has 1 aromatic rings. The summed E-state index contributed by atoms with van der Waals surface area (Å²) in [6.45, 7) is 0. The van der Waals surface area contributed by atoms with Gasteiger partial charge in [0, 0.05) is 11.6 Å². The number of anilines is 1. The third-order valence-electron chi connectivity index (χ3n) is 3.83. The quantitative estimate of drug-likeness (QED) is 0.733. The van der Waals surface area contributed by atoms with E-state index in [9.17, 15) is 31.1 Å². The summed E-state index contributed by atoms with van der Waals surface area (Å²) in [5.74, 6) is -0.898. The van der Waals surface area contributed by atoms with Crippen LogP contribution in [0.1, 0.15) is 43.2 Å². The van der Waals surface area contributed by atoms with E-state index in [0.717, 1.165) is 19.3 Å². The topological polar surface area (TPSA) is 29.1 Å². The highest BCUT2D eigenvalue weighted by molar-refractivity contribution is 5.92. The molecule has 0 atom stereocenters. The molecule has 0 saturated heterocycles. The lowest BCUT2D eigenvalue weighted by atomic mass is 9.88. The summed E-state index contributed by atoms with van der Waals surface area (Å²) in [5.41, 5.74) is -3.36. The summed E-state index contributed by atoms with van der Waals surface area (Å²) >= 11 is 0. The Hall–Kier alpha value is -1.73. The summed E-state index contributed by atoms with van der Waals surface area (Å²) in [6.07, 6.45) is -6.03. The van der Waals surface area contributed by atoms with E-state index in [1.165, 1.54) is 0 Å². The molecule has 1 aromatic carbocycles. The molecule has 0 aromatic heterocycles. The molecule has 0 radical (unpaired) electrons. The van der Waals surface area contributed by atoms with Crippen molar-refractivity contribution in [3.05, 3.63) is 29.3 Å². The summed E-state index contributed by atoms with van der Waals surface area (Å²) in [4.78, 5) is 12.0. The van der Waals surface area contributed by atoms with Crippen LogP contribution in [-0.4, -0.2) is 5.91 Å². The molecule has 1 fully saturated rings. The predicted octanol–water partition coefficient (Wildman–Crippen LogP) is 5.24. The third kappa shape index (κ3) is 4.62. The molecule has 0 unspecified atom stereocenters. The van der Waals surface area contributed by atoms with Crippen molar-refractivity contribution < 1.29 is 31.1 Å². The number of hydrogen-bond donors (Lipinski definition) is 1. The van der Waals surface area contributed by atoms with Gasteiger partial charge in [0.25, 0.3) is 0 Å². The van der Waals surface area contributed by atoms with E-state index in [0.29, 0.717) is 25.0 Å². The average molecular weight is 339 g/mol. The first-order valence-electron chi connectivity index (χ1n) is 7.18. The zero-order valence-electron chi connectivity index (χ0n) is 12.0. The minimum atomic E-state index is -4.93. The van der Waals surface area contributed by atoms with E-state index in [2.05, 4.69) is 5.32 Å². The second kappa shape index (κ2) is 6.41. The molecular formula is C15H15F6NO. The molecule has 128 valence electrons. The van der Waals surface area contributed by atoms with Crippen molar-refractivity contribution in [2.24, 2.45) is 5.92 Å². The fourth-order valence-electron chi connectivity index (χ4n) is 2.64. The summed E-state index contributed by atoms with van der Waals surface area (Å²) in [7, 11) is 0. The Morgan fingerprint density at radius 1 is 0.870 bits per heavy atom. The van der Waals surface area contributed by atoms with Gasteiger partial charge in [-0.15, -0.1) is 0 Å². The number of amides is 1. The van der Waals surface area contributed by atoms with E-state index < -0.39 is 35.1 Å². The van der Waals surface area contributed by atoms with Crippen LogP contribution in [0.5, 0.6) is 0 Å². The van der Waals surface area contributed by atoms with Crippen molar-refractivity contribution in [2.45, 2.75) is 44.5 Å². The van der Waals surface area contributed by atoms with Crippen LogP contribution in [-0.2, 0) is 17.1 Å². The molecule has 0 aliphatic heterocycles. The Morgan fingerprint density at radius 3 is 1.78 bits per heavy atom. The summed E-state index contributed by atoms with van der Waals surface area (Å²) in [5, 5.41) is 2.20. The van der Waals surface area contributed by atoms with E-state index in [1.54, 1.807) is 0 Å².